The van der Waals surface area contributed by atoms with Gasteiger partial charge in [0.1, 0.15) is 0 Å². The van der Waals surface area contributed by atoms with Crippen LogP contribution in [0.3, 0.4) is 0 Å². The maximum absolute atomic E-state index is 12.1. The van der Waals surface area contributed by atoms with E-state index in [0.717, 1.165) is 6.07 Å². The summed E-state index contributed by atoms with van der Waals surface area (Å²) in [5.74, 6) is -0.908. The molecule has 0 spiro atoms. The van der Waals surface area contributed by atoms with Gasteiger partial charge in [0.25, 0.3) is 0 Å². The highest BCUT2D eigenvalue weighted by Crippen LogP contribution is 2.33. The lowest BCUT2D eigenvalue weighted by atomic mass is 10.1. The van der Waals surface area contributed by atoms with Gasteiger partial charge in [-0.3, -0.25) is 14.9 Å². The molecule has 0 unspecified atom stereocenters. The summed E-state index contributed by atoms with van der Waals surface area (Å²) in [7, 11) is 0. The second-order valence-corrected chi connectivity index (χ2v) is 3.33. The molecule has 17 heavy (non-hydrogen) atoms. The SMILES string of the molecule is CC(=O)c1cc(C)c(OC(F)F)c([N+](=O)[O-])c1. The van der Waals surface area contributed by atoms with E-state index in [0.29, 0.717) is 0 Å². The van der Waals surface area contributed by atoms with Gasteiger partial charge in [-0.2, -0.15) is 8.78 Å². The van der Waals surface area contributed by atoms with E-state index in [4.69, 9.17) is 0 Å². The number of ether oxygens (including phenoxy) is 1. The molecule has 0 amide bonds. The normalized spacial score (nSPS) is 10.4. The van der Waals surface area contributed by atoms with Crippen molar-refractivity contribution in [2.75, 3.05) is 0 Å². The second kappa shape index (κ2) is 4.86. The molecule has 0 heterocycles. The average molecular weight is 245 g/mol. The van der Waals surface area contributed by atoms with Crippen LogP contribution in [0.5, 0.6) is 5.75 Å². The van der Waals surface area contributed by atoms with Crippen molar-refractivity contribution in [1.29, 1.82) is 0 Å². The Labute approximate surface area is 95.2 Å². The van der Waals surface area contributed by atoms with Crippen molar-refractivity contribution < 1.29 is 23.2 Å². The maximum atomic E-state index is 12.1. The fourth-order valence-electron chi connectivity index (χ4n) is 1.34. The van der Waals surface area contributed by atoms with Gasteiger partial charge in [-0.25, -0.2) is 0 Å². The van der Waals surface area contributed by atoms with E-state index in [1.807, 2.05) is 0 Å². The minimum absolute atomic E-state index is 0.0795. The molecule has 0 fully saturated rings. The molecule has 1 rings (SSSR count). The molecule has 0 aromatic heterocycles. The van der Waals surface area contributed by atoms with Crippen molar-refractivity contribution in [3.05, 3.63) is 33.4 Å². The first kappa shape index (κ1) is 13.0. The van der Waals surface area contributed by atoms with E-state index < -0.39 is 23.0 Å². The number of rotatable bonds is 4. The lowest BCUT2D eigenvalue weighted by Crippen LogP contribution is -2.07. The van der Waals surface area contributed by atoms with E-state index >= 15 is 0 Å². The smallest absolute Gasteiger partial charge is 0.387 e. The van der Waals surface area contributed by atoms with E-state index in [-0.39, 0.29) is 16.9 Å². The van der Waals surface area contributed by atoms with E-state index in [1.165, 1.54) is 19.9 Å². The van der Waals surface area contributed by atoms with Crippen LogP contribution in [0.15, 0.2) is 12.1 Å². The number of nitro benzene ring substituents is 1. The van der Waals surface area contributed by atoms with Gasteiger partial charge in [0.2, 0.25) is 5.75 Å². The van der Waals surface area contributed by atoms with Crippen molar-refractivity contribution in [2.45, 2.75) is 20.5 Å². The molecule has 1 aromatic carbocycles. The largest absolute Gasteiger partial charge is 0.427 e. The van der Waals surface area contributed by atoms with Crippen LogP contribution in [0.25, 0.3) is 0 Å². The Balaban J connectivity index is 3.38. The molecule has 0 aliphatic heterocycles. The van der Waals surface area contributed by atoms with Crippen LogP contribution in [-0.4, -0.2) is 17.3 Å². The van der Waals surface area contributed by atoms with Crippen LogP contribution >= 0.6 is 0 Å². The molecule has 0 saturated heterocycles. The summed E-state index contributed by atoms with van der Waals surface area (Å²) in [6.07, 6.45) is 0. The number of aryl methyl sites for hydroxylation is 1. The Morgan fingerprint density at radius 2 is 2.06 bits per heavy atom. The number of nitro groups is 1. The maximum Gasteiger partial charge on any atom is 0.387 e. The number of ketones is 1. The van der Waals surface area contributed by atoms with Crippen molar-refractivity contribution in [1.82, 2.24) is 0 Å². The Kier molecular flexibility index (Phi) is 3.72. The fraction of sp³-hybridized carbons (Fsp3) is 0.300. The molecule has 7 heteroatoms. The standard InChI is InChI=1S/C10H9F2NO4/c1-5-3-7(6(2)14)4-8(13(15)16)9(5)17-10(11)12/h3-4,10H,1-2H3. The van der Waals surface area contributed by atoms with Gasteiger partial charge < -0.3 is 4.74 Å². The second-order valence-electron chi connectivity index (χ2n) is 3.33. The molecule has 0 bridgehead atoms. The zero-order valence-electron chi connectivity index (χ0n) is 9.07. The highest BCUT2D eigenvalue weighted by Gasteiger charge is 2.23. The number of hydrogen-bond donors (Lipinski definition) is 0. The van der Waals surface area contributed by atoms with Gasteiger partial charge in [-0.15, -0.1) is 0 Å². The van der Waals surface area contributed by atoms with Gasteiger partial charge in [0, 0.05) is 11.6 Å². The number of carbonyl (C=O) groups excluding carboxylic acids is 1. The Hall–Kier alpha value is -2.05. The zero-order valence-corrected chi connectivity index (χ0v) is 9.07. The van der Waals surface area contributed by atoms with Gasteiger partial charge in [0.05, 0.1) is 4.92 Å². The molecule has 0 radical (unpaired) electrons. The van der Waals surface area contributed by atoms with Gasteiger partial charge in [-0.1, -0.05) is 0 Å². The highest BCUT2D eigenvalue weighted by atomic mass is 19.3. The fourth-order valence-corrected chi connectivity index (χ4v) is 1.34. The number of carbonyl (C=O) groups is 1. The summed E-state index contributed by atoms with van der Waals surface area (Å²) < 4.78 is 28.3. The minimum atomic E-state index is -3.16. The number of halogens is 2. The highest BCUT2D eigenvalue weighted by molar-refractivity contribution is 5.95. The third-order valence-electron chi connectivity index (χ3n) is 2.07. The quantitative estimate of drug-likeness (QED) is 0.464. The number of alkyl halides is 2. The summed E-state index contributed by atoms with van der Waals surface area (Å²) in [5, 5.41) is 10.7. The molecule has 0 N–H and O–H groups in total. The lowest BCUT2D eigenvalue weighted by Gasteiger charge is -2.09. The molecule has 0 aliphatic rings. The third-order valence-corrected chi connectivity index (χ3v) is 2.07. The van der Waals surface area contributed by atoms with E-state index in [1.54, 1.807) is 0 Å². The molecule has 0 atom stereocenters. The zero-order chi connectivity index (χ0) is 13.2. The minimum Gasteiger partial charge on any atom is -0.427 e. The Morgan fingerprint density at radius 3 is 2.47 bits per heavy atom. The van der Waals surface area contributed by atoms with Gasteiger partial charge in [0.15, 0.2) is 5.78 Å². The Morgan fingerprint density at radius 1 is 1.47 bits per heavy atom. The van der Waals surface area contributed by atoms with Crippen LogP contribution in [-0.2, 0) is 0 Å². The Bertz CT molecular complexity index is 474. The predicted octanol–water partition coefficient (Wildman–Crippen LogP) is 2.71. The molecule has 0 saturated carbocycles. The number of Topliss-reactive ketones (excluding diaryl/α,β-unsaturated/α-hetero) is 1. The topological polar surface area (TPSA) is 69.4 Å². The van der Waals surface area contributed by atoms with E-state index in [9.17, 15) is 23.7 Å². The molecule has 0 aliphatic carbocycles. The van der Waals surface area contributed by atoms with Gasteiger partial charge >= 0.3 is 12.3 Å². The van der Waals surface area contributed by atoms with Crippen molar-refractivity contribution in [3.8, 4) is 5.75 Å². The van der Waals surface area contributed by atoms with Crippen molar-refractivity contribution >= 4 is 11.5 Å². The average Bonchev–Trinajstić information content (AvgIpc) is 2.19. The predicted molar refractivity (Wildman–Crippen MR) is 54.5 cm³/mol. The molecule has 92 valence electrons. The van der Waals surface area contributed by atoms with Crippen LogP contribution in [0.1, 0.15) is 22.8 Å². The van der Waals surface area contributed by atoms with Crippen molar-refractivity contribution in [2.24, 2.45) is 0 Å². The van der Waals surface area contributed by atoms with Crippen LogP contribution < -0.4 is 4.74 Å². The molecular formula is C10H9F2NO4. The van der Waals surface area contributed by atoms with E-state index in [2.05, 4.69) is 4.74 Å². The van der Waals surface area contributed by atoms with Crippen molar-refractivity contribution in [3.63, 3.8) is 0 Å². The third kappa shape index (κ3) is 2.96. The first-order valence-electron chi connectivity index (χ1n) is 4.57. The first-order valence-corrected chi connectivity index (χ1v) is 4.57. The van der Waals surface area contributed by atoms with Gasteiger partial charge in [-0.05, 0) is 25.5 Å². The van der Waals surface area contributed by atoms with Crippen LogP contribution in [0.2, 0.25) is 0 Å². The lowest BCUT2D eigenvalue weighted by molar-refractivity contribution is -0.386. The number of benzene rings is 1. The number of hydrogen-bond acceptors (Lipinski definition) is 4. The molecule has 5 nitrogen and oxygen atoms in total. The monoisotopic (exact) mass is 245 g/mol. The molecular weight excluding hydrogens is 236 g/mol. The first-order chi connectivity index (χ1) is 7.82. The summed E-state index contributed by atoms with van der Waals surface area (Å²) in [6, 6.07) is 2.19. The summed E-state index contributed by atoms with van der Waals surface area (Å²) in [6.45, 7) is -0.570. The molecule has 1 aromatic rings. The number of nitrogens with zero attached hydrogens (tertiary/aromatic N) is 1. The van der Waals surface area contributed by atoms with Crippen LogP contribution in [0, 0.1) is 17.0 Å². The van der Waals surface area contributed by atoms with Crippen LogP contribution in [0.4, 0.5) is 14.5 Å². The summed E-state index contributed by atoms with van der Waals surface area (Å²) in [4.78, 5) is 20.9. The summed E-state index contributed by atoms with van der Waals surface area (Å²) in [5.41, 5.74) is -0.448. The summed E-state index contributed by atoms with van der Waals surface area (Å²) >= 11 is 0.